The highest BCUT2D eigenvalue weighted by Gasteiger charge is 2.52. The Kier molecular flexibility index (Phi) is 6.49. The average Bonchev–Trinajstić information content (AvgIpc) is 2.88. The Morgan fingerprint density at radius 3 is 2.66 bits per heavy atom. The van der Waals surface area contributed by atoms with E-state index in [4.69, 9.17) is 11.6 Å². The normalized spacial score (nSPS) is 25.4. The molecule has 1 aromatic rings. The van der Waals surface area contributed by atoms with E-state index in [9.17, 15) is 14.4 Å². The second-order valence-corrected chi connectivity index (χ2v) is 8.86. The van der Waals surface area contributed by atoms with Crippen LogP contribution in [-0.4, -0.2) is 60.4 Å². The lowest BCUT2D eigenvalue weighted by atomic mass is 9.77. The number of imide groups is 1. The molecule has 4 amide bonds. The van der Waals surface area contributed by atoms with E-state index in [0.29, 0.717) is 30.3 Å². The van der Waals surface area contributed by atoms with Crippen molar-refractivity contribution in [2.75, 3.05) is 27.2 Å². The monoisotopic (exact) mass is 420 g/mol. The van der Waals surface area contributed by atoms with Crippen LogP contribution in [-0.2, 0) is 9.59 Å². The maximum atomic E-state index is 12.9. The minimum Gasteiger partial charge on any atom is -0.353 e. The molecule has 1 atom stereocenters. The van der Waals surface area contributed by atoms with Crippen molar-refractivity contribution in [2.45, 2.75) is 44.2 Å². The lowest BCUT2D eigenvalue weighted by Gasteiger charge is -2.33. The van der Waals surface area contributed by atoms with Crippen LogP contribution in [0, 0.1) is 5.92 Å². The van der Waals surface area contributed by atoms with Crippen LogP contribution < -0.4 is 10.6 Å². The second-order valence-electron chi connectivity index (χ2n) is 8.42. The average molecular weight is 421 g/mol. The van der Waals surface area contributed by atoms with E-state index < -0.39 is 11.6 Å². The van der Waals surface area contributed by atoms with Crippen LogP contribution in [0.5, 0.6) is 0 Å². The van der Waals surface area contributed by atoms with Crippen molar-refractivity contribution in [3.05, 3.63) is 34.9 Å². The number of benzene rings is 1. The summed E-state index contributed by atoms with van der Waals surface area (Å²) in [7, 11) is 3.84. The van der Waals surface area contributed by atoms with Gasteiger partial charge in [0.1, 0.15) is 12.1 Å². The summed E-state index contributed by atoms with van der Waals surface area (Å²) in [5.41, 5.74) is 0.157. The van der Waals surface area contributed by atoms with Crippen molar-refractivity contribution in [1.82, 2.24) is 20.4 Å². The third-order valence-electron chi connectivity index (χ3n) is 6.02. The topological polar surface area (TPSA) is 81.8 Å². The molecule has 0 radical (unpaired) electrons. The molecule has 1 spiro atoms. The van der Waals surface area contributed by atoms with E-state index >= 15 is 0 Å². The Bertz CT molecular complexity index is 790. The number of nitrogens with one attached hydrogen (secondary N) is 2. The molecule has 1 saturated heterocycles. The van der Waals surface area contributed by atoms with Gasteiger partial charge in [-0.05, 0) is 63.4 Å². The van der Waals surface area contributed by atoms with Crippen molar-refractivity contribution < 1.29 is 14.4 Å². The minimum absolute atomic E-state index is 0.0769. The molecule has 1 aromatic carbocycles. The molecule has 3 rings (SSSR count). The summed E-state index contributed by atoms with van der Waals surface area (Å²) in [4.78, 5) is 40.8. The summed E-state index contributed by atoms with van der Waals surface area (Å²) in [6, 6.07) is 6.94. The van der Waals surface area contributed by atoms with Gasteiger partial charge in [-0.2, -0.15) is 0 Å². The minimum atomic E-state index is -0.823. The Hall–Kier alpha value is -2.12. The summed E-state index contributed by atoms with van der Waals surface area (Å²) < 4.78 is 0. The number of rotatable bonds is 6. The van der Waals surface area contributed by atoms with Gasteiger partial charge in [0.2, 0.25) is 5.91 Å². The maximum absolute atomic E-state index is 12.9. The van der Waals surface area contributed by atoms with Gasteiger partial charge in [0.05, 0.1) is 6.04 Å². The van der Waals surface area contributed by atoms with Crippen LogP contribution >= 0.6 is 11.6 Å². The first-order chi connectivity index (χ1) is 13.7. The number of hydrogen-bond donors (Lipinski definition) is 2. The number of carbonyl (C=O) groups excluding carboxylic acids is 3. The van der Waals surface area contributed by atoms with Gasteiger partial charge in [0, 0.05) is 11.6 Å². The summed E-state index contributed by atoms with van der Waals surface area (Å²) >= 11 is 6.09. The molecule has 158 valence electrons. The van der Waals surface area contributed by atoms with Crippen molar-refractivity contribution in [3.63, 3.8) is 0 Å². The fourth-order valence-electron chi connectivity index (χ4n) is 4.14. The number of halogens is 1. The molecule has 1 heterocycles. The third kappa shape index (κ3) is 4.73. The fraction of sp³-hybridized carbons (Fsp3) is 0.571. The number of urea groups is 1. The third-order valence-corrected chi connectivity index (χ3v) is 6.26. The van der Waals surface area contributed by atoms with Gasteiger partial charge in [-0.1, -0.05) is 30.7 Å². The highest BCUT2D eigenvalue weighted by molar-refractivity contribution is 6.30. The Morgan fingerprint density at radius 1 is 1.34 bits per heavy atom. The molecule has 2 N–H and O–H groups in total. The summed E-state index contributed by atoms with van der Waals surface area (Å²) in [5.74, 6) is -0.0794. The Balaban J connectivity index is 1.60. The Labute approximate surface area is 176 Å². The molecule has 29 heavy (non-hydrogen) atoms. The zero-order valence-corrected chi connectivity index (χ0v) is 18.0. The van der Waals surface area contributed by atoms with E-state index in [0.717, 1.165) is 23.3 Å². The standard InChI is InChI=1S/C21H29ClN4O3/c1-14-7-9-21(10-8-14)19(28)26(20(29)24-21)13-18(27)23-12-17(25(2)3)15-5-4-6-16(22)11-15/h4-6,11,14,17H,7-10,12-13H2,1-3H3,(H,23,27)(H,24,29)/t14?,17-,21?/m1/s1. The van der Waals surface area contributed by atoms with Gasteiger partial charge in [0.15, 0.2) is 0 Å². The Morgan fingerprint density at radius 2 is 2.03 bits per heavy atom. The van der Waals surface area contributed by atoms with Gasteiger partial charge < -0.3 is 15.5 Å². The summed E-state index contributed by atoms with van der Waals surface area (Å²) in [6.07, 6.45) is 3.06. The molecular formula is C21H29ClN4O3. The van der Waals surface area contributed by atoms with E-state index in [-0.39, 0.29) is 24.4 Å². The lowest BCUT2D eigenvalue weighted by molar-refractivity contribution is -0.136. The molecule has 8 heteroatoms. The van der Waals surface area contributed by atoms with Crippen molar-refractivity contribution in [1.29, 1.82) is 0 Å². The summed E-state index contributed by atoms with van der Waals surface area (Å²) in [6.45, 7) is 2.23. The molecule has 2 fully saturated rings. The zero-order valence-electron chi connectivity index (χ0n) is 17.2. The molecule has 7 nitrogen and oxygen atoms in total. The SMILES string of the molecule is CC1CCC2(CC1)NC(=O)N(CC(=O)NC[C@H](c1cccc(Cl)c1)N(C)C)C2=O. The molecule has 1 aliphatic heterocycles. The van der Waals surface area contributed by atoms with E-state index in [1.807, 2.05) is 37.2 Å². The van der Waals surface area contributed by atoms with Gasteiger partial charge in [-0.15, -0.1) is 0 Å². The molecule has 0 aromatic heterocycles. The van der Waals surface area contributed by atoms with E-state index in [2.05, 4.69) is 17.6 Å². The molecule has 1 aliphatic carbocycles. The predicted octanol–water partition coefficient (Wildman–Crippen LogP) is 2.56. The molecule has 0 unspecified atom stereocenters. The molecule has 0 bridgehead atoms. The van der Waals surface area contributed by atoms with Crippen LogP contribution in [0.2, 0.25) is 5.02 Å². The number of nitrogens with zero attached hydrogens (tertiary/aromatic N) is 2. The quantitative estimate of drug-likeness (QED) is 0.693. The van der Waals surface area contributed by atoms with E-state index in [1.165, 1.54) is 0 Å². The highest BCUT2D eigenvalue weighted by Crippen LogP contribution is 2.36. The van der Waals surface area contributed by atoms with Crippen LogP contribution in [0.3, 0.4) is 0 Å². The molecular weight excluding hydrogens is 392 g/mol. The van der Waals surface area contributed by atoms with Crippen molar-refractivity contribution in [2.24, 2.45) is 5.92 Å². The fourth-order valence-corrected chi connectivity index (χ4v) is 4.33. The van der Waals surface area contributed by atoms with E-state index in [1.54, 1.807) is 6.07 Å². The molecule has 1 saturated carbocycles. The number of hydrogen-bond acceptors (Lipinski definition) is 4. The van der Waals surface area contributed by atoms with Gasteiger partial charge in [0.25, 0.3) is 5.91 Å². The number of carbonyl (C=O) groups is 3. The highest BCUT2D eigenvalue weighted by atomic mass is 35.5. The zero-order chi connectivity index (χ0) is 21.2. The lowest BCUT2D eigenvalue weighted by Crippen LogP contribution is -2.50. The van der Waals surface area contributed by atoms with Crippen LogP contribution in [0.15, 0.2) is 24.3 Å². The number of amides is 4. The van der Waals surface area contributed by atoms with Gasteiger partial charge in [-0.3, -0.25) is 14.5 Å². The van der Waals surface area contributed by atoms with Crippen LogP contribution in [0.1, 0.15) is 44.2 Å². The second kappa shape index (κ2) is 8.71. The van der Waals surface area contributed by atoms with Gasteiger partial charge >= 0.3 is 6.03 Å². The first-order valence-electron chi connectivity index (χ1n) is 10.0. The smallest absolute Gasteiger partial charge is 0.325 e. The van der Waals surface area contributed by atoms with Crippen LogP contribution in [0.4, 0.5) is 4.79 Å². The first-order valence-corrected chi connectivity index (χ1v) is 10.4. The number of likely N-dealkylation sites (N-methyl/N-ethyl adjacent to an activating group) is 1. The predicted molar refractivity (Wildman–Crippen MR) is 111 cm³/mol. The van der Waals surface area contributed by atoms with Gasteiger partial charge in [-0.25, -0.2) is 4.79 Å². The van der Waals surface area contributed by atoms with Crippen molar-refractivity contribution >= 4 is 29.4 Å². The first kappa shape index (κ1) is 21.6. The van der Waals surface area contributed by atoms with Crippen molar-refractivity contribution in [3.8, 4) is 0 Å². The molecule has 2 aliphatic rings. The summed E-state index contributed by atoms with van der Waals surface area (Å²) in [5, 5.41) is 6.33. The maximum Gasteiger partial charge on any atom is 0.325 e. The largest absolute Gasteiger partial charge is 0.353 e. The van der Waals surface area contributed by atoms with Crippen LogP contribution in [0.25, 0.3) is 0 Å².